The van der Waals surface area contributed by atoms with Gasteiger partial charge in [-0.2, -0.15) is 0 Å². The summed E-state index contributed by atoms with van der Waals surface area (Å²) in [7, 11) is 2.02. The summed E-state index contributed by atoms with van der Waals surface area (Å²) in [4.78, 5) is 0. The molecule has 0 aliphatic carbocycles. The molecule has 0 unspecified atom stereocenters. The Kier molecular flexibility index (Phi) is 5.73. The average Bonchev–Trinajstić information content (AvgIpc) is 2.42. The van der Waals surface area contributed by atoms with Crippen molar-refractivity contribution in [2.75, 3.05) is 0 Å². The SMILES string of the molecule is CC.C[n+]1ccc(/C=C/c2ccccc2)cc1. The van der Waals surface area contributed by atoms with Crippen LogP contribution in [0.1, 0.15) is 25.0 Å². The molecule has 17 heavy (non-hydrogen) atoms. The minimum Gasteiger partial charge on any atom is -0.208 e. The fourth-order valence-electron chi connectivity index (χ4n) is 1.38. The monoisotopic (exact) mass is 226 g/mol. The van der Waals surface area contributed by atoms with E-state index in [1.54, 1.807) is 0 Å². The molecule has 1 aromatic heterocycles. The zero-order valence-corrected chi connectivity index (χ0v) is 10.8. The van der Waals surface area contributed by atoms with Gasteiger partial charge in [-0.25, -0.2) is 4.57 Å². The van der Waals surface area contributed by atoms with Gasteiger partial charge in [-0.3, -0.25) is 0 Å². The summed E-state index contributed by atoms with van der Waals surface area (Å²) in [5.41, 5.74) is 2.45. The Hall–Kier alpha value is -1.89. The second kappa shape index (κ2) is 7.39. The topological polar surface area (TPSA) is 3.88 Å². The Labute approximate surface area is 104 Å². The largest absolute Gasteiger partial charge is 0.208 e. The highest BCUT2D eigenvalue weighted by atomic mass is 14.9. The summed E-state index contributed by atoms with van der Waals surface area (Å²) in [6.07, 6.45) is 8.33. The first-order chi connectivity index (χ1) is 8.34. The third-order valence-corrected chi connectivity index (χ3v) is 2.27. The first-order valence-electron chi connectivity index (χ1n) is 6.03. The lowest BCUT2D eigenvalue weighted by Crippen LogP contribution is -2.25. The van der Waals surface area contributed by atoms with Gasteiger partial charge in [0.15, 0.2) is 12.4 Å². The minimum absolute atomic E-state index is 1.22. The molecule has 2 rings (SSSR count). The number of hydrogen-bond donors (Lipinski definition) is 0. The first kappa shape index (κ1) is 13.2. The lowest BCUT2D eigenvalue weighted by Gasteiger charge is -1.92. The molecule has 0 saturated carbocycles. The van der Waals surface area contributed by atoms with Gasteiger partial charge >= 0.3 is 0 Å². The van der Waals surface area contributed by atoms with Crippen molar-refractivity contribution in [2.45, 2.75) is 13.8 Å². The van der Waals surface area contributed by atoms with Gasteiger partial charge in [0.05, 0.1) is 0 Å². The van der Waals surface area contributed by atoms with Crippen LogP contribution in [0.25, 0.3) is 12.2 Å². The molecule has 2 aromatic rings. The van der Waals surface area contributed by atoms with E-state index in [1.807, 2.05) is 56.1 Å². The third kappa shape index (κ3) is 4.64. The zero-order valence-electron chi connectivity index (χ0n) is 10.8. The van der Waals surface area contributed by atoms with Gasteiger partial charge < -0.3 is 0 Å². The lowest BCUT2D eigenvalue weighted by atomic mass is 10.1. The number of rotatable bonds is 2. The van der Waals surface area contributed by atoms with Crippen LogP contribution in [0, 0.1) is 0 Å². The Morgan fingerprint density at radius 3 is 1.76 bits per heavy atom. The van der Waals surface area contributed by atoms with E-state index in [4.69, 9.17) is 0 Å². The van der Waals surface area contributed by atoms with Crippen molar-refractivity contribution in [3.8, 4) is 0 Å². The van der Waals surface area contributed by atoms with Gasteiger partial charge in [-0.05, 0) is 11.1 Å². The molecule has 1 heterocycles. The quantitative estimate of drug-likeness (QED) is 0.687. The Morgan fingerprint density at radius 2 is 1.24 bits per heavy atom. The van der Waals surface area contributed by atoms with Crippen molar-refractivity contribution < 1.29 is 4.57 Å². The number of aromatic nitrogens is 1. The number of nitrogens with zero attached hydrogens (tertiary/aromatic N) is 1. The van der Waals surface area contributed by atoms with E-state index in [0.717, 1.165) is 0 Å². The molecule has 0 radical (unpaired) electrons. The molecule has 0 bridgehead atoms. The van der Waals surface area contributed by atoms with Gasteiger partial charge in [0, 0.05) is 12.1 Å². The molecule has 0 amide bonds. The number of benzene rings is 1. The number of pyridine rings is 1. The van der Waals surface area contributed by atoms with Crippen molar-refractivity contribution in [1.29, 1.82) is 0 Å². The molecule has 0 fully saturated rings. The summed E-state index contributed by atoms with van der Waals surface area (Å²) in [6, 6.07) is 14.5. The zero-order chi connectivity index (χ0) is 12.5. The minimum atomic E-state index is 1.22. The van der Waals surface area contributed by atoms with Crippen LogP contribution in [-0.4, -0.2) is 0 Å². The summed E-state index contributed by atoms with van der Waals surface area (Å²) in [5.74, 6) is 0. The molecule has 0 N–H and O–H groups in total. The smallest absolute Gasteiger partial charge is 0.169 e. The van der Waals surface area contributed by atoms with Crippen molar-refractivity contribution in [1.82, 2.24) is 0 Å². The maximum atomic E-state index is 2.12. The second-order valence-electron chi connectivity index (χ2n) is 3.54. The van der Waals surface area contributed by atoms with Crippen LogP contribution in [0.4, 0.5) is 0 Å². The van der Waals surface area contributed by atoms with Crippen LogP contribution in [0.5, 0.6) is 0 Å². The van der Waals surface area contributed by atoms with Crippen LogP contribution < -0.4 is 4.57 Å². The van der Waals surface area contributed by atoms with E-state index in [0.29, 0.717) is 0 Å². The van der Waals surface area contributed by atoms with Gasteiger partial charge in [0.1, 0.15) is 7.05 Å². The van der Waals surface area contributed by atoms with Gasteiger partial charge in [0.25, 0.3) is 0 Å². The molecule has 1 aromatic carbocycles. The standard InChI is InChI=1S/C14H14N.C2H6/c1-15-11-9-14(10-12-15)8-7-13-5-3-2-4-6-13;1-2/h2-12H,1H3;1-2H3/q+1;/b8-7+;. The summed E-state index contributed by atoms with van der Waals surface area (Å²) < 4.78 is 2.03. The third-order valence-electron chi connectivity index (χ3n) is 2.27. The number of hydrogen-bond acceptors (Lipinski definition) is 0. The van der Waals surface area contributed by atoms with Crippen molar-refractivity contribution in [3.63, 3.8) is 0 Å². The Balaban J connectivity index is 0.000000686. The Bertz CT molecular complexity index is 441. The summed E-state index contributed by atoms with van der Waals surface area (Å²) in [6.45, 7) is 4.00. The van der Waals surface area contributed by atoms with Crippen LogP contribution in [-0.2, 0) is 7.05 Å². The van der Waals surface area contributed by atoms with Gasteiger partial charge in [-0.1, -0.05) is 56.3 Å². The highest BCUT2D eigenvalue weighted by Gasteiger charge is 1.90. The van der Waals surface area contributed by atoms with Gasteiger partial charge in [0.2, 0.25) is 0 Å². The summed E-state index contributed by atoms with van der Waals surface area (Å²) in [5, 5.41) is 0. The van der Waals surface area contributed by atoms with E-state index in [9.17, 15) is 0 Å². The fourth-order valence-corrected chi connectivity index (χ4v) is 1.38. The van der Waals surface area contributed by atoms with E-state index < -0.39 is 0 Å². The average molecular weight is 226 g/mol. The molecular weight excluding hydrogens is 206 g/mol. The molecule has 0 spiro atoms. The maximum absolute atomic E-state index is 2.12. The normalized spacial score (nSPS) is 9.82. The van der Waals surface area contributed by atoms with Crippen LogP contribution in [0.2, 0.25) is 0 Å². The molecule has 1 heteroatoms. The molecule has 0 aliphatic heterocycles. The molecular formula is C16H20N+. The predicted molar refractivity (Wildman–Crippen MR) is 74.3 cm³/mol. The Morgan fingerprint density at radius 1 is 0.765 bits per heavy atom. The molecule has 0 saturated heterocycles. The maximum Gasteiger partial charge on any atom is 0.169 e. The first-order valence-corrected chi connectivity index (χ1v) is 6.03. The van der Waals surface area contributed by atoms with Crippen molar-refractivity contribution in [2.24, 2.45) is 7.05 Å². The van der Waals surface area contributed by atoms with Crippen molar-refractivity contribution >= 4 is 12.2 Å². The summed E-state index contributed by atoms with van der Waals surface area (Å²) >= 11 is 0. The van der Waals surface area contributed by atoms with Gasteiger partial charge in [-0.15, -0.1) is 0 Å². The van der Waals surface area contributed by atoms with Crippen LogP contribution >= 0.6 is 0 Å². The van der Waals surface area contributed by atoms with Crippen LogP contribution in [0.15, 0.2) is 54.9 Å². The highest BCUT2D eigenvalue weighted by molar-refractivity contribution is 5.68. The number of aryl methyl sites for hydroxylation is 1. The fraction of sp³-hybridized carbons (Fsp3) is 0.188. The van der Waals surface area contributed by atoms with E-state index in [1.165, 1.54) is 11.1 Å². The molecule has 0 aliphatic rings. The highest BCUT2D eigenvalue weighted by Crippen LogP contribution is 2.05. The van der Waals surface area contributed by atoms with E-state index >= 15 is 0 Å². The molecule has 1 nitrogen and oxygen atoms in total. The molecule has 88 valence electrons. The molecule has 0 atom stereocenters. The van der Waals surface area contributed by atoms with Crippen molar-refractivity contribution in [3.05, 3.63) is 66.0 Å². The second-order valence-corrected chi connectivity index (χ2v) is 3.54. The van der Waals surface area contributed by atoms with E-state index in [-0.39, 0.29) is 0 Å². The van der Waals surface area contributed by atoms with E-state index in [2.05, 4.69) is 36.4 Å². The lowest BCUT2D eigenvalue weighted by molar-refractivity contribution is -0.671. The van der Waals surface area contributed by atoms with Crippen LogP contribution in [0.3, 0.4) is 0 Å². The predicted octanol–water partition coefficient (Wildman–Crippen LogP) is 3.71.